The van der Waals surface area contributed by atoms with Crippen LogP contribution in [0.4, 0.5) is 11.4 Å². The van der Waals surface area contributed by atoms with Crippen LogP contribution in [-0.2, 0) is 29.0 Å². The number of nitrogens with zero attached hydrogens (tertiary/aromatic N) is 3. The minimum absolute atomic E-state index is 0.0549. The van der Waals surface area contributed by atoms with Gasteiger partial charge in [-0.1, -0.05) is 57.2 Å². The third-order valence-corrected chi connectivity index (χ3v) is 8.74. The minimum atomic E-state index is -3.60. The fraction of sp³-hybridized carbons (Fsp3) is 0.353. The van der Waals surface area contributed by atoms with Gasteiger partial charge in [-0.15, -0.1) is 0 Å². The second kappa shape index (κ2) is 12.6. The van der Waals surface area contributed by atoms with Crippen molar-refractivity contribution >= 4 is 44.1 Å². The molecule has 45 heavy (non-hydrogen) atoms. The molecule has 2 N–H and O–H groups in total. The number of para-hydroxylation sites is 1. The number of amides is 2. The Morgan fingerprint density at radius 1 is 0.911 bits per heavy atom. The predicted octanol–water partition coefficient (Wildman–Crippen LogP) is 5.07. The van der Waals surface area contributed by atoms with Gasteiger partial charge < -0.3 is 19.5 Å². The second-order valence-corrected chi connectivity index (χ2v) is 14.3. The van der Waals surface area contributed by atoms with E-state index in [2.05, 4.69) is 21.0 Å². The van der Waals surface area contributed by atoms with Crippen LogP contribution in [0.2, 0.25) is 0 Å². The number of methoxy groups -OCH3 is 1. The number of benzene rings is 3. The smallest absolute Gasteiger partial charge is 0.272 e. The topological polar surface area (TPSA) is 113 Å². The van der Waals surface area contributed by atoms with Gasteiger partial charge in [-0.25, -0.2) is 8.42 Å². The molecule has 1 aliphatic rings. The molecule has 238 valence electrons. The monoisotopic (exact) mass is 631 g/mol. The number of carbonyl (C=O) groups excluding carboxylic acids is 2. The van der Waals surface area contributed by atoms with Gasteiger partial charge in [-0.05, 0) is 46.9 Å². The van der Waals surface area contributed by atoms with Crippen molar-refractivity contribution in [3.8, 4) is 5.75 Å². The van der Waals surface area contributed by atoms with Crippen LogP contribution in [0.5, 0.6) is 5.75 Å². The molecule has 4 aromatic rings. The maximum absolute atomic E-state index is 13.8. The molecule has 2 heterocycles. The Morgan fingerprint density at radius 2 is 1.58 bits per heavy atom. The predicted molar refractivity (Wildman–Crippen MR) is 179 cm³/mol. The summed E-state index contributed by atoms with van der Waals surface area (Å²) in [5.74, 6) is -0.0622. The first-order valence-corrected chi connectivity index (χ1v) is 16.8. The fourth-order valence-corrected chi connectivity index (χ4v) is 6.35. The van der Waals surface area contributed by atoms with Gasteiger partial charge in [-0.2, -0.15) is 0 Å². The largest absolute Gasteiger partial charge is 0.492 e. The molecule has 0 spiro atoms. The van der Waals surface area contributed by atoms with E-state index in [-0.39, 0.29) is 28.7 Å². The number of piperazine rings is 1. The van der Waals surface area contributed by atoms with Gasteiger partial charge in [0.25, 0.3) is 11.8 Å². The highest BCUT2D eigenvalue weighted by molar-refractivity contribution is 7.92. The van der Waals surface area contributed by atoms with Crippen molar-refractivity contribution < 1.29 is 22.7 Å². The van der Waals surface area contributed by atoms with Crippen LogP contribution in [0.1, 0.15) is 52.7 Å². The molecule has 1 saturated heterocycles. The summed E-state index contributed by atoms with van der Waals surface area (Å²) in [5.41, 5.74) is 4.34. The van der Waals surface area contributed by atoms with Crippen molar-refractivity contribution in [3.63, 3.8) is 0 Å². The molecule has 1 fully saturated rings. The molecule has 2 amide bonds. The number of rotatable bonds is 8. The Balaban J connectivity index is 1.38. The van der Waals surface area contributed by atoms with Crippen LogP contribution in [0.3, 0.4) is 0 Å². The molecule has 5 rings (SSSR count). The first-order chi connectivity index (χ1) is 21.2. The summed E-state index contributed by atoms with van der Waals surface area (Å²) in [5, 5.41) is 3.92. The van der Waals surface area contributed by atoms with Gasteiger partial charge in [0.05, 0.1) is 30.3 Å². The maximum atomic E-state index is 13.8. The molecule has 0 unspecified atom stereocenters. The minimum Gasteiger partial charge on any atom is -0.492 e. The summed E-state index contributed by atoms with van der Waals surface area (Å²) < 4.78 is 34.3. The first kappa shape index (κ1) is 32.1. The van der Waals surface area contributed by atoms with Crippen LogP contribution in [0.15, 0.2) is 66.7 Å². The lowest BCUT2D eigenvalue weighted by atomic mass is 9.86. The molecule has 0 bridgehead atoms. The van der Waals surface area contributed by atoms with Crippen molar-refractivity contribution in [1.29, 1.82) is 0 Å². The average Bonchev–Trinajstić information content (AvgIpc) is 3.33. The van der Waals surface area contributed by atoms with Crippen molar-refractivity contribution in [3.05, 3.63) is 89.1 Å². The van der Waals surface area contributed by atoms with Gasteiger partial charge in [0.15, 0.2) is 5.75 Å². The van der Waals surface area contributed by atoms with Gasteiger partial charge in [0.1, 0.15) is 5.69 Å². The van der Waals surface area contributed by atoms with E-state index in [1.807, 2.05) is 91.9 Å². The van der Waals surface area contributed by atoms with E-state index < -0.39 is 10.0 Å². The number of aryl methyl sites for hydroxylation is 1. The zero-order valence-corrected chi connectivity index (χ0v) is 27.5. The molecule has 0 atom stereocenters. The van der Waals surface area contributed by atoms with E-state index in [1.54, 1.807) is 6.07 Å². The summed E-state index contributed by atoms with van der Waals surface area (Å²) in [7, 11) is -0.289. The summed E-state index contributed by atoms with van der Waals surface area (Å²) >= 11 is 0. The highest BCUT2D eigenvalue weighted by Gasteiger charge is 2.25. The molecule has 0 aliphatic carbocycles. The number of hydrogen-bond acceptors (Lipinski definition) is 6. The standard InChI is InChI=1S/C34H41N5O5S/c1-34(2,3)26-20-27(31(44-5)28(21-26)36-45(6,42)43)35-32(40)29-19-24-13-10-14-25(30(24)37(29)4)22-38-15-17-39(18-16-38)33(41)23-11-8-7-9-12-23/h7-14,19-21,36H,15-18,22H2,1-6H3,(H,35,40). The Bertz CT molecular complexity index is 1840. The van der Waals surface area contributed by atoms with E-state index in [0.29, 0.717) is 36.6 Å². The van der Waals surface area contributed by atoms with Crippen molar-refractivity contribution in [2.45, 2.75) is 32.7 Å². The molecule has 0 radical (unpaired) electrons. The van der Waals surface area contributed by atoms with E-state index in [4.69, 9.17) is 4.74 Å². The number of nitrogens with one attached hydrogen (secondary N) is 2. The number of aromatic nitrogens is 1. The molecule has 1 aromatic heterocycles. The van der Waals surface area contributed by atoms with Gasteiger partial charge in [0, 0.05) is 50.7 Å². The van der Waals surface area contributed by atoms with E-state index in [9.17, 15) is 18.0 Å². The molecular formula is C34H41N5O5S. The Kier molecular flexibility index (Phi) is 8.95. The number of hydrogen-bond donors (Lipinski definition) is 2. The van der Waals surface area contributed by atoms with E-state index in [0.717, 1.165) is 41.4 Å². The average molecular weight is 632 g/mol. The zero-order chi connectivity index (χ0) is 32.5. The van der Waals surface area contributed by atoms with Crippen LogP contribution >= 0.6 is 0 Å². The Labute approximate surface area is 265 Å². The van der Waals surface area contributed by atoms with Crippen molar-refractivity contribution in [2.24, 2.45) is 7.05 Å². The van der Waals surface area contributed by atoms with Crippen LogP contribution < -0.4 is 14.8 Å². The Hall–Kier alpha value is -4.35. The van der Waals surface area contributed by atoms with Crippen LogP contribution in [0.25, 0.3) is 10.9 Å². The van der Waals surface area contributed by atoms with Gasteiger partial charge in [-0.3, -0.25) is 19.2 Å². The molecule has 0 saturated carbocycles. The number of fused-ring (bicyclic) bond motifs is 1. The molecule has 3 aromatic carbocycles. The summed E-state index contributed by atoms with van der Waals surface area (Å²) in [4.78, 5) is 30.9. The summed E-state index contributed by atoms with van der Waals surface area (Å²) in [6, 6.07) is 20.8. The van der Waals surface area contributed by atoms with Crippen molar-refractivity contribution in [2.75, 3.05) is 49.6 Å². The third-order valence-electron chi connectivity index (χ3n) is 8.15. The molecule has 10 nitrogen and oxygen atoms in total. The normalized spacial score (nSPS) is 14.4. The van der Waals surface area contributed by atoms with Crippen LogP contribution in [0, 0.1) is 0 Å². The summed E-state index contributed by atoms with van der Waals surface area (Å²) in [6.07, 6.45) is 1.08. The lowest BCUT2D eigenvalue weighted by Crippen LogP contribution is -2.48. The number of sulfonamides is 1. The lowest BCUT2D eigenvalue weighted by molar-refractivity contribution is 0.0628. The first-order valence-electron chi connectivity index (χ1n) is 14.9. The Morgan fingerprint density at radius 3 is 2.20 bits per heavy atom. The maximum Gasteiger partial charge on any atom is 0.272 e. The van der Waals surface area contributed by atoms with Crippen molar-refractivity contribution in [1.82, 2.24) is 14.4 Å². The molecule has 11 heteroatoms. The molecular weight excluding hydrogens is 590 g/mol. The second-order valence-electron chi connectivity index (χ2n) is 12.6. The summed E-state index contributed by atoms with van der Waals surface area (Å²) in [6.45, 7) is 9.52. The fourth-order valence-electron chi connectivity index (χ4n) is 5.80. The molecule has 1 aliphatic heterocycles. The third kappa shape index (κ3) is 7.15. The van der Waals surface area contributed by atoms with Gasteiger partial charge >= 0.3 is 0 Å². The van der Waals surface area contributed by atoms with E-state index in [1.165, 1.54) is 7.11 Å². The highest BCUT2D eigenvalue weighted by Crippen LogP contribution is 2.39. The number of ether oxygens (including phenoxy) is 1. The number of anilines is 2. The van der Waals surface area contributed by atoms with E-state index >= 15 is 0 Å². The van der Waals surface area contributed by atoms with Gasteiger partial charge in [0.2, 0.25) is 10.0 Å². The number of carbonyl (C=O) groups is 2. The zero-order valence-electron chi connectivity index (χ0n) is 26.7. The SMILES string of the molecule is COc1c(NC(=O)c2cc3cccc(CN4CCN(C(=O)c5ccccc5)CC4)c3n2C)cc(C(C)(C)C)cc1NS(C)(=O)=O. The lowest BCUT2D eigenvalue weighted by Gasteiger charge is -2.35. The van der Waals surface area contributed by atoms with Crippen LogP contribution in [-0.4, -0.2) is 74.1 Å². The quantitative estimate of drug-likeness (QED) is 0.281. The highest BCUT2D eigenvalue weighted by atomic mass is 32.2.